The van der Waals surface area contributed by atoms with Gasteiger partial charge in [0.15, 0.2) is 6.61 Å². The Morgan fingerprint density at radius 2 is 1.85 bits per heavy atom. The summed E-state index contributed by atoms with van der Waals surface area (Å²) in [5.74, 6) is 1.29. The van der Waals surface area contributed by atoms with Crippen molar-refractivity contribution in [2.24, 2.45) is 0 Å². The molecule has 0 unspecified atom stereocenters. The maximum atomic E-state index is 12.3. The largest absolute Gasteiger partial charge is 0.484 e. The molecule has 140 valence electrons. The second-order valence-electron chi connectivity index (χ2n) is 6.05. The van der Waals surface area contributed by atoms with E-state index in [1.807, 2.05) is 36.4 Å². The van der Waals surface area contributed by atoms with Crippen molar-refractivity contribution in [1.82, 2.24) is 15.0 Å². The van der Waals surface area contributed by atoms with E-state index >= 15 is 0 Å². The third kappa shape index (κ3) is 5.08. The van der Waals surface area contributed by atoms with Gasteiger partial charge < -0.3 is 14.2 Å². The number of nitrogens with zero attached hydrogens (tertiary/aromatic N) is 3. The van der Waals surface area contributed by atoms with E-state index < -0.39 is 0 Å². The van der Waals surface area contributed by atoms with Crippen LogP contribution >= 0.6 is 11.6 Å². The van der Waals surface area contributed by atoms with Crippen molar-refractivity contribution in [3.8, 4) is 17.1 Å². The minimum atomic E-state index is -0.180. The monoisotopic (exact) mass is 385 g/mol. The fourth-order valence-corrected chi connectivity index (χ4v) is 2.53. The second-order valence-corrected chi connectivity index (χ2v) is 6.49. The molecule has 0 aliphatic rings. The lowest BCUT2D eigenvalue weighted by Crippen LogP contribution is -2.31. The van der Waals surface area contributed by atoms with Crippen LogP contribution in [0.1, 0.15) is 18.4 Å². The normalized spacial score (nSPS) is 10.6. The van der Waals surface area contributed by atoms with Crippen LogP contribution in [0.25, 0.3) is 11.4 Å². The average molecular weight is 386 g/mol. The quantitative estimate of drug-likeness (QED) is 0.615. The van der Waals surface area contributed by atoms with E-state index in [-0.39, 0.29) is 19.1 Å². The number of hydrogen-bond donors (Lipinski definition) is 0. The van der Waals surface area contributed by atoms with Crippen LogP contribution in [0.15, 0.2) is 53.1 Å². The highest BCUT2D eigenvalue weighted by atomic mass is 35.5. The Labute approximate surface area is 162 Å². The van der Waals surface area contributed by atoms with Crippen molar-refractivity contribution >= 4 is 17.5 Å². The van der Waals surface area contributed by atoms with Crippen LogP contribution in [0, 0.1) is 0 Å². The van der Waals surface area contributed by atoms with Gasteiger partial charge in [0.1, 0.15) is 5.75 Å². The van der Waals surface area contributed by atoms with Gasteiger partial charge in [-0.15, -0.1) is 0 Å². The molecule has 0 atom stereocenters. The highest BCUT2D eigenvalue weighted by molar-refractivity contribution is 6.30. The zero-order valence-corrected chi connectivity index (χ0v) is 15.9. The van der Waals surface area contributed by atoms with Crippen LogP contribution in [0.5, 0.6) is 5.75 Å². The zero-order chi connectivity index (χ0) is 19.2. The lowest BCUT2D eigenvalue weighted by atomic mass is 10.2. The Morgan fingerprint density at radius 1 is 1.15 bits per heavy atom. The molecule has 0 saturated carbocycles. The molecule has 0 fully saturated rings. The van der Waals surface area contributed by atoms with Crippen molar-refractivity contribution in [2.45, 2.75) is 19.9 Å². The molecule has 0 aliphatic carbocycles. The molecule has 2 aromatic carbocycles. The summed E-state index contributed by atoms with van der Waals surface area (Å²) in [4.78, 5) is 18.1. The number of carbonyl (C=O) groups is 1. The number of halogens is 1. The molecule has 27 heavy (non-hydrogen) atoms. The Balaban J connectivity index is 1.54. The summed E-state index contributed by atoms with van der Waals surface area (Å²) in [7, 11) is 1.66. The van der Waals surface area contributed by atoms with Crippen molar-refractivity contribution in [3.63, 3.8) is 0 Å². The van der Waals surface area contributed by atoms with Crippen molar-refractivity contribution in [3.05, 3.63) is 65.0 Å². The van der Waals surface area contributed by atoms with Crippen molar-refractivity contribution in [1.29, 1.82) is 0 Å². The highest BCUT2D eigenvalue weighted by Crippen LogP contribution is 2.19. The third-order valence-corrected chi connectivity index (χ3v) is 4.31. The summed E-state index contributed by atoms with van der Waals surface area (Å²) >= 11 is 5.88. The van der Waals surface area contributed by atoms with E-state index in [1.54, 1.807) is 19.2 Å². The number of amides is 1. The molecule has 0 N–H and O–H groups in total. The fourth-order valence-electron chi connectivity index (χ4n) is 2.40. The Morgan fingerprint density at radius 3 is 2.52 bits per heavy atom. The first-order valence-electron chi connectivity index (χ1n) is 8.59. The molecule has 3 rings (SSSR count). The molecule has 6 nitrogen and oxygen atoms in total. The van der Waals surface area contributed by atoms with Gasteiger partial charge in [-0.05, 0) is 48.4 Å². The molecule has 0 saturated heterocycles. The van der Waals surface area contributed by atoms with Gasteiger partial charge in [-0.3, -0.25) is 4.79 Å². The number of hydrogen-bond acceptors (Lipinski definition) is 5. The van der Waals surface area contributed by atoms with Gasteiger partial charge >= 0.3 is 0 Å². The van der Waals surface area contributed by atoms with E-state index in [0.29, 0.717) is 22.5 Å². The van der Waals surface area contributed by atoms with E-state index in [0.717, 1.165) is 12.0 Å². The molecule has 0 bridgehead atoms. The summed E-state index contributed by atoms with van der Waals surface area (Å²) in [6, 6.07) is 14.8. The van der Waals surface area contributed by atoms with Crippen LogP contribution in [0.2, 0.25) is 5.02 Å². The molecule has 3 aromatic rings. The maximum Gasteiger partial charge on any atom is 0.260 e. The number of rotatable bonds is 7. The van der Waals surface area contributed by atoms with Crippen LogP contribution in [-0.4, -0.2) is 34.6 Å². The predicted octanol–water partition coefficient (Wildman–Crippen LogP) is 3.99. The third-order valence-electron chi connectivity index (χ3n) is 4.06. The predicted molar refractivity (Wildman–Crippen MR) is 103 cm³/mol. The zero-order valence-electron chi connectivity index (χ0n) is 15.2. The Hall–Kier alpha value is -2.86. The summed E-state index contributed by atoms with van der Waals surface area (Å²) in [5.41, 5.74) is 2.01. The topological polar surface area (TPSA) is 68.5 Å². The van der Waals surface area contributed by atoms with Gasteiger partial charge in [0, 0.05) is 17.6 Å². The van der Waals surface area contributed by atoms with Crippen molar-refractivity contribution < 1.29 is 14.1 Å². The molecule has 1 heterocycles. The standard InChI is InChI=1S/C20H20ClN3O3/c1-3-14-4-10-17(11-5-14)26-13-19(25)24(2)12-18-22-20(23-27-18)15-6-8-16(21)9-7-15/h4-11H,3,12-13H2,1-2H3. The van der Waals surface area contributed by atoms with Gasteiger partial charge in [-0.2, -0.15) is 4.98 Å². The molecule has 7 heteroatoms. The highest BCUT2D eigenvalue weighted by Gasteiger charge is 2.15. The molecule has 0 aliphatic heterocycles. The first-order valence-corrected chi connectivity index (χ1v) is 8.97. The van der Waals surface area contributed by atoms with Gasteiger partial charge in [-0.25, -0.2) is 0 Å². The number of ether oxygens (including phenoxy) is 1. The number of likely N-dealkylation sites (N-methyl/N-ethyl adjacent to an activating group) is 1. The molecular formula is C20H20ClN3O3. The number of aryl methyl sites for hydroxylation is 1. The molecule has 0 spiro atoms. The van der Waals surface area contributed by atoms with Crippen LogP contribution < -0.4 is 4.74 Å². The van der Waals surface area contributed by atoms with E-state index in [2.05, 4.69) is 17.1 Å². The minimum absolute atomic E-state index is 0.0554. The smallest absolute Gasteiger partial charge is 0.260 e. The minimum Gasteiger partial charge on any atom is -0.484 e. The van der Waals surface area contributed by atoms with Crippen molar-refractivity contribution in [2.75, 3.05) is 13.7 Å². The summed E-state index contributed by atoms with van der Waals surface area (Å²) < 4.78 is 10.8. The Bertz CT molecular complexity index is 892. The number of benzene rings is 2. The first kappa shape index (κ1) is 18.9. The molecular weight excluding hydrogens is 366 g/mol. The van der Waals surface area contributed by atoms with Crippen LogP contribution in [-0.2, 0) is 17.8 Å². The average Bonchev–Trinajstić information content (AvgIpc) is 3.15. The summed E-state index contributed by atoms with van der Waals surface area (Å²) in [5, 5.41) is 4.58. The number of carbonyl (C=O) groups excluding carboxylic acids is 1. The molecule has 1 amide bonds. The van der Waals surface area contributed by atoms with Crippen LogP contribution in [0.3, 0.4) is 0 Å². The fraction of sp³-hybridized carbons (Fsp3) is 0.250. The van der Waals surface area contributed by atoms with Gasteiger partial charge in [0.25, 0.3) is 5.91 Å². The lowest BCUT2D eigenvalue weighted by Gasteiger charge is -2.15. The van der Waals surface area contributed by atoms with Gasteiger partial charge in [0.05, 0.1) is 6.54 Å². The summed E-state index contributed by atoms with van der Waals surface area (Å²) in [6.45, 7) is 2.24. The van der Waals surface area contributed by atoms with Gasteiger partial charge in [0.2, 0.25) is 11.7 Å². The Kier molecular flexibility index (Phi) is 6.08. The molecule has 1 aromatic heterocycles. The van der Waals surface area contributed by atoms with E-state index in [4.69, 9.17) is 20.9 Å². The van der Waals surface area contributed by atoms with Crippen LogP contribution in [0.4, 0.5) is 0 Å². The SMILES string of the molecule is CCc1ccc(OCC(=O)N(C)Cc2nc(-c3ccc(Cl)cc3)no2)cc1. The van der Waals surface area contributed by atoms with E-state index in [1.165, 1.54) is 10.5 Å². The van der Waals surface area contributed by atoms with Gasteiger partial charge in [-0.1, -0.05) is 35.8 Å². The first-order chi connectivity index (χ1) is 13.0. The molecule has 0 radical (unpaired) electrons. The lowest BCUT2D eigenvalue weighted by molar-refractivity contribution is -0.132. The second kappa shape index (κ2) is 8.68. The van der Waals surface area contributed by atoms with E-state index in [9.17, 15) is 4.79 Å². The maximum absolute atomic E-state index is 12.3. The summed E-state index contributed by atoms with van der Waals surface area (Å²) in [6.07, 6.45) is 0.962. The number of aromatic nitrogens is 2.